The number of aryl methyl sites for hydroxylation is 1. The van der Waals surface area contributed by atoms with Crippen LogP contribution in [-0.4, -0.2) is 9.82 Å². The molecular weight excluding hydrogens is 238 g/mol. The van der Waals surface area contributed by atoms with Crippen molar-refractivity contribution in [2.24, 2.45) is 0 Å². The fourth-order valence-corrected chi connectivity index (χ4v) is 2.98. The highest BCUT2D eigenvalue weighted by molar-refractivity contribution is 7.99. The molecule has 0 bridgehead atoms. The molecule has 1 aromatic carbocycles. The quantitative estimate of drug-likeness (QED) is 0.735. The molecule has 0 saturated heterocycles. The van der Waals surface area contributed by atoms with Gasteiger partial charge in [-0.1, -0.05) is 26.0 Å². The molecule has 1 aromatic heterocycles. The molecule has 1 nitrogen and oxygen atoms in total. The predicted molar refractivity (Wildman–Crippen MR) is 83.5 cm³/mol. The molecule has 2 aromatic rings. The van der Waals surface area contributed by atoms with Gasteiger partial charge in [0.2, 0.25) is 0 Å². The van der Waals surface area contributed by atoms with Crippen molar-refractivity contribution in [2.75, 3.05) is 0 Å². The van der Waals surface area contributed by atoms with Gasteiger partial charge >= 0.3 is 0 Å². The van der Waals surface area contributed by atoms with Crippen LogP contribution in [0.2, 0.25) is 0 Å². The van der Waals surface area contributed by atoms with E-state index in [0.29, 0.717) is 11.3 Å². The van der Waals surface area contributed by atoms with Crippen LogP contribution >= 0.6 is 11.8 Å². The molecule has 18 heavy (non-hydrogen) atoms. The van der Waals surface area contributed by atoms with Gasteiger partial charge in [0.15, 0.2) is 0 Å². The molecule has 0 N–H and O–H groups in total. The van der Waals surface area contributed by atoms with Crippen LogP contribution < -0.4 is 0 Å². The minimum atomic E-state index is 0.520. The van der Waals surface area contributed by atoms with Crippen LogP contribution in [0.1, 0.15) is 44.9 Å². The number of hydrogen-bond donors (Lipinski definition) is 0. The number of fused-ring (bicyclic) bond motifs is 1. The summed E-state index contributed by atoms with van der Waals surface area (Å²) in [5, 5.41) is 2.11. The van der Waals surface area contributed by atoms with Crippen LogP contribution in [0.25, 0.3) is 10.9 Å². The summed E-state index contributed by atoms with van der Waals surface area (Å²) in [6, 6.07) is 7.32. The zero-order chi connectivity index (χ0) is 13.3. The van der Waals surface area contributed by atoms with Gasteiger partial charge in [0.1, 0.15) is 0 Å². The maximum absolute atomic E-state index is 2.40. The van der Waals surface area contributed by atoms with E-state index in [1.165, 1.54) is 22.0 Å². The van der Waals surface area contributed by atoms with E-state index >= 15 is 0 Å². The lowest BCUT2D eigenvalue weighted by Crippen LogP contribution is -1.98. The monoisotopic (exact) mass is 261 g/mol. The second-order valence-corrected chi connectivity index (χ2v) is 7.10. The summed E-state index contributed by atoms with van der Waals surface area (Å²) in [7, 11) is 0. The van der Waals surface area contributed by atoms with Crippen LogP contribution in [-0.2, 0) is 5.75 Å². The van der Waals surface area contributed by atoms with Crippen molar-refractivity contribution in [1.82, 2.24) is 4.57 Å². The van der Waals surface area contributed by atoms with Gasteiger partial charge in [-0.2, -0.15) is 11.8 Å². The molecule has 0 saturated carbocycles. The molecule has 0 spiro atoms. The van der Waals surface area contributed by atoms with E-state index in [9.17, 15) is 0 Å². The summed E-state index contributed by atoms with van der Waals surface area (Å²) >= 11 is 2.02. The Morgan fingerprint density at radius 1 is 1.17 bits per heavy atom. The average molecular weight is 261 g/mol. The van der Waals surface area contributed by atoms with Crippen molar-refractivity contribution in [3.05, 3.63) is 35.5 Å². The van der Waals surface area contributed by atoms with Crippen molar-refractivity contribution in [3.63, 3.8) is 0 Å². The van der Waals surface area contributed by atoms with Crippen molar-refractivity contribution in [1.29, 1.82) is 0 Å². The molecule has 1 heterocycles. The molecule has 98 valence electrons. The Morgan fingerprint density at radius 2 is 1.89 bits per heavy atom. The standard InChI is InChI=1S/C16H23NS/c1-11(2)17-9-14(10-18-12(3)4)15-7-6-13(5)8-16(15)17/h6-9,11-12H,10H2,1-5H3. The Hall–Kier alpha value is -0.890. The Bertz CT molecular complexity index is 537. The average Bonchev–Trinajstić information content (AvgIpc) is 2.64. The number of rotatable bonds is 4. The highest BCUT2D eigenvalue weighted by Gasteiger charge is 2.11. The Labute approximate surface area is 115 Å². The lowest BCUT2D eigenvalue weighted by molar-refractivity contribution is 0.621. The van der Waals surface area contributed by atoms with Crippen LogP contribution in [0.4, 0.5) is 0 Å². The molecule has 0 atom stereocenters. The molecule has 2 rings (SSSR count). The largest absolute Gasteiger partial charge is 0.345 e. The third-order valence-electron chi connectivity index (χ3n) is 3.20. The molecule has 0 aliphatic heterocycles. The minimum Gasteiger partial charge on any atom is -0.345 e. The topological polar surface area (TPSA) is 4.93 Å². The first kappa shape index (κ1) is 13.5. The third-order valence-corrected chi connectivity index (χ3v) is 4.35. The van der Waals surface area contributed by atoms with Crippen LogP contribution in [0.15, 0.2) is 24.4 Å². The number of nitrogens with zero attached hydrogens (tertiary/aromatic N) is 1. The number of hydrogen-bond acceptors (Lipinski definition) is 1. The Morgan fingerprint density at radius 3 is 2.50 bits per heavy atom. The highest BCUT2D eigenvalue weighted by Crippen LogP contribution is 2.29. The maximum Gasteiger partial charge on any atom is 0.0488 e. The fourth-order valence-electron chi connectivity index (χ4n) is 2.23. The summed E-state index contributed by atoms with van der Waals surface area (Å²) in [4.78, 5) is 0. The SMILES string of the molecule is Cc1ccc2c(CSC(C)C)cn(C(C)C)c2c1. The molecule has 0 aliphatic rings. The summed E-state index contributed by atoms with van der Waals surface area (Å²) in [6.07, 6.45) is 2.34. The van der Waals surface area contributed by atoms with Crippen molar-refractivity contribution in [3.8, 4) is 0 Å². The molecule has 0 amide bonds. The van der Waals surface area contributed by atoms with E-state index in [4.69, 9.17) is 0 Å². The second-order valence-electron chi connectivity index (χ2n) is 5.54. The molecule has 0 radical (unpaired) electrons. The van der Waals surface area contributed by atoms with E-state index in [-0.39, 0.29) is 0 Å². The van der Waals surface area contributed by atoms with E-state index < -0.39 is 0 Å². The summed E-state index contributed by atoms with van der Waals surface area (Å²) in [6.45, 7) is 11.2. The molecular formula is C16H23NS. The normalized spacial score (nSPS) is 11.9. The van der Waals surface area contributed by atoms with Crippen molar-refractivity contribution < 1.29 is 0 Å². The summed E-state index contributed by atoms with van der Waals surface area (Å²) in [5.41, 5.74) is 4.19. The zero-order valence-electron chi connectivity index (χ0n) is 12.0. The first-order valence-corrected chi connectivity index (χ1v) is 7.75. The van der Waals surface area contributed by atoms with Crippen LogP contribution in [0.3, 0.4) is 0 Å². The van der Waals surface area contributed by atoms with Gasteiger partial charge in [0.05, 0.1) is 0 Å². The van der Waals surface area contributed by atoms with Gasteiger partial charge in [-0.15, -0.1) is 0 Å². The smallest absolute Gasteiger partial charge is 0.0488 e. The maximum atomic E-state index is 2.40. The highest BCUT2D eigenvalue weighted by atomic mass is 32.2. The number of benzene rings is 1. The van der Waals surface area contributed by atoms with Crippen molar-refractivity contribution >= 4 is 22.7 Å². The zero-order valence-corrected chi connectivity index (χ0v) is 12.8. The lowest BCUT2D eigenvalue weighted by Gasteiger charge is -2.09. The van der Waals surface area contributed by atoms with Crippen molar-refractivity contribution in [2.45, 2.75) is 51.7 Å². The minimum absolute atomic E-state index is 0.520. The number of aromatic nitrogens is 1. The van der Waals surface area contributed by atoms with E-state index in [1.54, 1.807) is 0 Å². The van der Waals surface area contributed by atoms with E-state index in [0.717, 1.165) is 5.75 Å². The first-order valence-electron chi connectivity index (χ1n) is 6.70. The molecule has 0 unspecified atom stereocenters. The van der Waals surface area contributed by atoms with Gasteiger partial charge in [0, 0.05) is 28.9 Å². The molecule has 2 heteroatoms. The summed E-state index contributed by atoms with van der Waals surface area (Å²) < 4.78 is 2.40. The van der Waals surface area contributed by atoms with Gasteiger partial charge < -0.3 is 4.57 Å². The van der Waals surface area contributed by atoms with Gasteiger partial charge in [-0.25, -0.2) is 0 Å². The lowest BCUT2D eigenvalue weighted by atomic mass is 10.1. The molecule has 0 aliphatic carbocycles. The van der Waals surface area contributed by atoms with Gasteiger partial charge in [-0.05, 0) is 43.2 Å². The van der Waals surface area contributed by atoms with Gasteiger partial charge in [0.25, 0.3) is 0 Å². The predicted octanol–water partition coefficient (Wildman–Crippen LogP) is 5.17. The Balaban J connectivity index is 2.47. The fraction of sp³-hybridized carbons (Fsp3) is 0.500. The van der Waals surface area contributed by atoms with E-state index in [1.807, 2.05) is 11.8 Å². The first-order chi connectivity index (χ1) is 8.49. The Kier molecular flexibility index (Phi) is 4.06. The van der Waals surface area contributed by atoms with Crippen LogP contribution in [0.5, 0.6) is 0 Å². The van der Waals surface area contributed by atoms with E-state index in [2.05, 4.69) is 63.6 Å². The van der Waals surface area contributed by atoms with Gasteiger partial charge in [-0.3, -0.25) is 0 Å². The summed E-state index contributed by atoms with van der Waals surface area (Å²) in [5.74, 6) is 1.11. The molecule has 0 fully saturated rings. The second kappa shape index (κ2) is 5.40. The third kappa shape index (κ3) is 2.74. The van der Waals surface area contributed by atoms with Crippen LogP contribution in [0, 0.1) is 6.92 Å². The number of thioether (sulfide) groups is 1.